The number of hydrogen-bond acceptors (Lipinski definition) is 5. The number of ether oxygens (including phenoxy) is 1. The van der Waals surface area contributed by atoms with Crippen molar-refractivity contribution in [3.8, 4) is 5.75 Å². The zero-order valence-electron chi connectivity index (χ0n) is 11.3. The third-order valence-electron chi connectivity index (χ3n) is 3.76. The molecule has 0 saturated carbocycles. The molecule has 1 amide bonds. The van der Waals surface area contributed by atoms with E-state index < -0.39 is 0 Å². The van der Waals surface area contributed by atoms with Gasteiger partial charge in [0, 0.05) is 12.1 Å². The molecule has 0 radical (unpaired) electrons. The monoisotopic (exact) mass is 276 g/mol. The highest BCUT2D eigenvalue weighted by molar-refractivity contribution is 5.93. The molecule has 2 atom stereocenters. The van der Waals surface area contributed by atoms with Gasteiger partial charge < -0.3 is 15.8 Å². The van der Waals surface area contributed by atoms with E-state index >= 15 is 0 Å². The number of amides is 1. The number of nitrogens with one attached hydrogen (secondary N) is 3. The first-order valence-corrected chi connectivity index (χ1v) is 7.04. The molecule has 6 nitrogen and oxygen atoms in total. The van der Waals surface area contributed by atoms with E-state index in [9.17, 15) is 4.79 Å². The zero-order valence-corrected chi connectivity index (χ0v) is 11.3. The Hall–Kier alpha value is -1.63. The second-order valence-electron chi connectivity index (χ2n) is 5.25. The summed E-state index contributed by atoms with van der Waals surface area (Å²) in [6.07, 6.45) is 2.34. The van der Waals surface area contributed by atoms with Crippen LogP contribution in [-0.2, 0) is 4.79 Å². The van der Waals surface area contributed by atoms with E-state index in [0.717, 1.165) is 29.8 Å². The van der Waals surface area contributed by atoms with Crippen LogP contribution >= 0.6 is 0 Å². The molecule has 2 heterocycles. The SMILES string of the molecule is NCCC1CC(c2ccc3c(c2)NC(=O)CCO3)NN1. The predicted octanol–water partition coefficient (Wildman–Crippen LogP) is 0.664. The average Bonchev–Trinajstić information content (AvgIpc) is 2.81. The molecule has 20 heavy (non-hydrogen) atoms. The van der Waals surface area contributed by atoms with E-state index in [1.807, 2.05) is 18.2 Å². The van der Waals surface area contributed by atoms with Gasteiger partial charge in [0.2, 0.25) is 5.91 Å². The number of carbonyl (C=O) groups excluding carboxylic acids is 1. The number of hydrazine groups is 1. The second kappa shape index (κ2) is 5.78. The lowest BCUT2D eigenvalue weighted by Crippen LogP contribution is -2.32. The Morgan fingerprint density at radius 3 is 3.10 bits per heavy atom. The molecule has 1 fully saturated rings. The molecule has 1 saturated heterocycles. The van der Waals surface area contributed by atoms with E-state index in [1.54, 1.807) is 0 Å². The van der Waals surface area contributed by atoms with Crippen molar-refractivity contribution in [3.63, 3.8) is 0 Å². The number of fused-ring (bicyclic) bond motifs is 1. The second-order valence-corrected chi connectivity index (χ2v) is 5.25. The minimum atomic E-state index is -0.000542. The van der Waals surface area contributed by atoms with Crippen LogP contribution in [0.1, 0.15) is 30.9 Å². The van der Waals surface area contributed by atoms with Gasteiger partial charge in [-0.15, -0.1) is 0 Å². The van der Waals surface area contributed by atoms with Crippen molar-refractivity contribution in [2.45, 2.75) is 31.3 Å². The molecule has 2 aliphatic rings. The van der Waals surface area contributed by atoms with Crippen LogP contribution in [0.2, 0.25) is 0 Å². The Balaban J connectivity index is 1.77. The minimum Gasteiger partial charge on any atom is -0.491 e. The van der Waals surface area contributed by atoms with Crippen molar-refractivity contribution >= 4 is 11.6 Å². The minimum absolute atomic E-state index is 0.000542. The molecule has 0 aliphatic carbocycles. The van der Waals surface area contributed by atoms with Crippen LogP contribution in [0, 0.1) is 0 Å². The van der Waals surface area contributed by atoms with Gasteiger partial charge >= 0.3 is 0 Å². The van der Waals surface area contributed by atoms with Crippen LogP contribution in [0.4, 0.5) is 5.69 Å². The standard InChI is InChI=1S/C14H20N4O2/c15-5-3-10-8-11(18-17-10)9-1-2-13-12(7-9)16-14(19)4-6-20-13/h1-2,7,10-11,17-18H,3-6,8,15H2,(H,16,19). The van der Waals surface area contributed by atoms with Gasteiger partial charge in [-0.3, -0.25) is 15.6 Å². The molecule has 2 aliphatic heterocycles. The van der Waals surface area contributed by atoms with Gasteiger partial charge in [-0.1, -0.05) is 6.07 Å². The number of benzene rings is 1. The summed E-state index contributed by atoms with van der Waals surface area (Å²) >= 11 is 0. The Kier molecular flexibility index (Phi) is 3.86. The summed E-state index contributed by atoms with van der Waals surface area (Å²) in [6, 6.07) is 6.59. The Bertz CT molecular complexity index is 506. The number of hydrogen-bond donors (Lipinski definition) is 4. The highest BCUT2D eigenvalue weighted by Crippen LogP contribution is 2.32. The number of anilines is 1. The van der Waals surface area contributed by atoms with Crippen molar-refractivity contribution in [1.29, 1.82) is 0 Å². The first kappa shape index (κ1) is 13.4. The van der Waals surface area contributed by atoms with Gasteiger partial charge in [0.1, 0.15) is 5.75 Å². The van der Waals surface area contributed by atoms with Gasteiger partial charge in [0.05, 0.1) is 18.7 Å². The first-order valence-electron chi connectivity index (χ1n) is 7.04. The summed E-state index contributed by atoms with van der Waals surface area (Å²) in [5.41, 5.74) is 14.0. The number of rotatable bonds is 3. The topological polar surface area (TPSA) is 88.4 Å². The fourth-order valence-electron chi connectivity index (χ4n) is 2.69. The molecule has 1 aromatic rings. The molecule has 2 unspecified atom stereocenters. The van der Waals surface area contributed by atoms with Crippen LogP contribution in [0.5, 0.6) is 5.75 Å². The first-order chi connectivity index (χ1) is 9.76. The van der Waals surface area contributed by atoms with Crippen LogP contribution < -0.4 is 26.6 Å². The van der Waals surface area contributed by atoms with E-state index in [0.29, 0.717) is 25.6 Å². The maximum atomic E-state index is 11.6. The Morgan fingerprint density at radius 2 is 2.25 bits per heavy atom. The molecule has 6 heteroatoms. The maximum Gasteiger partial charge on any atom is 0.227 e. The van der Waals surface area contributed by atoms with Gasteiger partial charge in [0.25, 0.3) is 0 Å². The number of carbonyl (C=O) groups is 1. The van der Waals surface area contributed by atoms with Gasteiger partial charge in [-0.05, 0) is 37.1 Å². The third-order valence-corrected chi connectivity index (χ3v) is 3.76. The smallest absolute Gasteiger partial charge is 0.227 e. The van der Waals surface area contributed by atoms with Crippen molar-refractivity contribution in [2.75, 3.05) is 18.5 Å². The highest BCUT2D eigenvalue weighted by Gasteiger charge is 2.25. The maximum absolute atomic E-state index is 11.6. The molecule has 1 aromatic carbocycles. The normalized spacial score (nSPS) is 25.6. The fourth-order valence-corrected chi connectivity index (χ4v) is 2.69. The summed E-state index contributed by atoms with van der Waals surface area (Å²) in [7, 11) is 0. The summed E-state index contributed by atoms with van der Waals surface area (Å²) in [6.45, 7) is 1.11. The highest BCUT2D eigenvalue weighted by atomic mass is 16.5. The van der Waals surface area contributed by atoms with Gasteiger partial charge in [0.15, 0.2) is 0 Å². The van der Waals surface area contributed by atoms with E-state index in [-0.39, 0.29) is 11.9 Å². The molecular formula is C14H20N4O2. The van der Waals surface area contributed by atoms with Crippen LogP contribution in [0.15, 0.2) is 18.2 Å². The summed E-state index contributed by atoms with van der Waals surface area (Å²) in [5.74, 6) is 0.739. The molecule has 3 rings (SSSR count). The lowest BCUT2D eigenvalue weighted by atomic mass is 10.00. The summed E-state index contributed by atoms with van der Waals surface area (Å²) < 4.78 is 5.56. The van der Waals surface area contributed by atoms with Crippen molar-refractivity contribution in [1.82, 2.24) is 10.9 Å². The Morgan fingerprint density at radius 1 is 1.35 bits per heavy atom. The predicted molar refractivity (Wildman–Crippen MR) is 76.3 cm³/mol. The number of nitrogens with two attached hydrogens (primary N) is 1. The van der Waals surface area contributed by atoms with E-state index in [2.05, 4.69) is 16.2 Å². The lowest BCUT2D eigenvalue weighted by Gasteiger charge is -2.13. The molecule has 0 spiro atoms. The fraction of sp³-hybridized carbons (Fsp3) is 0.500. The van der Waals surface area contributed by atoms with Gasteiger partial charge in [-0.25, -0.2) is 0 Å². The van der Waals surface area contributed by atoms with E-state index in [1.165, 1.54) is 0 Å². The lowest BCUT2D eigenvalue weighted by molar-refractivity contribution is -0.116. The van der Waals surface area contributed by atoms with Crippen molar-refractivity contribution in [2.24, 2.45) is 5.73 Å². The molecule has 5 N–H and O–H groups in total. The molecule has 0 bridgehead atoms. The summed E-state index contributed by atoms with van der Waals surface area (Å²) in [4.78, 5) is 11.6. The van der Waals surface area contributed by atoms with Crippen LogP contribution in [0.25, 0.3) is 0 Å². The van der Waals surface area contributed by atoms with E-state index in [4.69, 9.17) is 10.5 Å². The van der Waals surface area contributed by atoms with Gasteiger partial charge in [-0.2, -0.15) is 0 Å². The quantitative estimate of drug-likeness (QED) is 0.651. The van der Waals surface area contributed by atoms with Crippen molar-refractivity contribution in [3.05, 3.63) is 23.8 Å². The van der Waals surface area contributed by atoms with Crippen molar-refractivity contribution < 1.29 is 9.53 Å². The largest absolute Gasteiger partial charge is 0.491 e. The molecule has 108 valence electrons. The third kappa shape index (κ3) is 2.77. The average molecular weight is 276 g/mol. The van der Waals surface area contributed by atoms with Crippen LogP contribution in [-0.4, -0.2) is 25.1 Å². The zero-order chi connectivity index (χ0) is 13.9. The van der Waals surface area contributed by atoms with Crippen LogP contribution in [0.3, 0.4) is 0 Å². The Labute approximate surface area is 118 Å². The summed E-state index contributed by atoms with van der Waals surface area (Å²) in [5, 5.41) is 2.89. The molecule has 0 aromatic heterocycles. The molecular weight excluding hydrogens is 256 g/mol.